The second-order valence-electron chi connectivity index (χ2n) is 5.52. The summed E-state index contributed by atoms with van der Waals surface area (Å²) in [6.45, 7) is 0. The molecule has 3 rings (SSSR count). The number of thioether (sulfide) groups is 1. The third kappa shape index (κ3) is 4.54. The fourth-order valence-corrected chi connectivity index (χ4v) is 3.13. The number of rotatable bonds is 5. The van der Waals surface area contributed by atoms with Crippen LogP contribution in [0.4, 0.5) is 19.0 Å². The molecule has 0 saturated carbocycles. The Morgan fingerprint density at radius 1 is 0.962 bits per heavy atom. The molecule has 0 atom stereocenters. The Kier molecular flexibility index (Phi) is 5.46. The zero-order valence-corrected chi connectivity index (χ0v) is 14.7. The highest BCUT2D eigenvalue weighted by Gasteiger charge is 2.30. The van der Waals surface area contributed by atoms with E-state index < -0.39 is 11.7 Å². The second kappa shape index (κ2) is 7.78. The van der Waals surface area contributed by atoms with Gasteiger partial charge in [-0.05, 0) is 17.7 Å². The summed E-state index contributed by atoms with van der Waals surface area (Å²) in [6.07, 6.45) is -4.35. The molecule has 1 heterocycles. The molecule has 3 nitrogen and oxygen atoms in total. The fourth-order valence-electron chi connectivity index (χ4n) is 2.32. The third-order valence-corrected chi connectivity index (χ3v) is 4.60. The van der Waals surface area contributed by atoms with Crippen LogP contribution < -0.4 is 5.32 Å². The van der Waals surface area contributed by atoms with E-state index in [0.717, 1.165) is 17.7 Å². The van der Waals surface area contributed by atoms with Crippen LogP contribution in [0.25, 0.3) is 11.3 Å². The summed E-state index contributed by atoms with van der Waals surface area (Å²) in [5, 5.41) is 3.53. The summed E-state index contributed by atoms with van der Waals surface area (Å²) < 4.78 is 38.2. The van der Waals surface area contributed by atoms with Crippen molar-refractivity contribution < 1.29 is 13.2 Å². The number of nitrogens with zero attached hydrogens (tertiary/aromatic N) is 2. The molecule has 0 aliphatic rings. The second-order valence-corrected chi connectivity index (χ2v) is 6.46. The monoisotopic (exact) mass is 375 g/mol. The first kappa shape index (κ1) is 18.3. The maximum atomic E-state index is 12.7. The lowest BCUT2D eigenvalue weighted by atomic mass is 10.1. The third-order valence-electron chi connectivity index (χ3n) is 3.68. The number of nitrogens with one attached hydrogen (secondary N) is 1. The Morgan fingerprint density at radius 3 is 2.27 bits per heavy atom. The molecule has 0 saturated heterocycles. The maximum absolute atomic E-state index is 12.7. The molecule has 0 fully saturated rings. The van der Waals surface area contributed by atoms with Gasteiger partial charge in [0, 0.05) is 24.4 Å². The molecule has 0 aliphatic heterocycles. The fraction of sp³-hybridized carbons (Fsp3) is 0.158. The predicted octanol–water partition coefficient (Wildman–Crippen LogP) is 5.50. The van der Waals surface area contributed by atoms with Crippen molar-refractivity contribution in [3.63, 3.8) is 0 Å². The molecule has 0 aliphatic carbocycles. The van der Waals surface area contributed by atoms with Gasteiger partial charge in [0.05, 0.1) is 11.3 Å². The van der Waals surface area contributed by atoms with Crippen molar-refractivity contribution in [2.24, 2.45) is 0 Å². The average molecular weight is 375 g/mol. The van der Waals surface area contributed by atoms with Crippen LogP contribution in [0, 0.1) is 0 Å². The van der Waals surface area contributed by atoms with Gasteiger partial charge in [0.15, 0.2) is 5.16 Å². The highest BCUT2D eigenvalue weighted by Crippen LogP contribution is 2.31. The summed E-state index contributed by atoms with van der Waals surface area (Å²) in [5.41, 5.74) is 1.65. The average Bonchev–Trinajstić information content (AvgIpc) is 2.66. The lowest BCUT2D eigenvalue weighted by Crippen LogP contribution is -2.04. The number of hydrogen-bond acceptors (Lipinski definition) is 4. The minimum absolute atomic E-state index is 0.565. The summed E-state index contributed by atoms with van der Waals surface area (Å²) in [5.74, 6) is 1.32. The largest absolute Gasteiger partial charge is 0.416 e. The molecule has 0 radical (unpaired) electrons. The lowest BCUT2D eigenvalue weighted by Gasteiger charge is -2.10. The Hall–Kier alpha value is -2.54. The van der Waals surface area contributed by atoms with E-state index in [1.807, 2.05) is 30.3 Å². The zero-order chi connectivity index (χ0) is 18.6. The van der Waals surface area contributed by atoms with Gasteiger partial charge in [-0.3, -0.25) is 0 Å². The van der Waals surface area contributed by atoms with Crippen LogP contribution in [0.5, 0.6) is 0 Å². The van der Waals surface area contributed by atoms with Crippen molar-refractivity contribution in [3.05, 3.63) is 71.8 Å². The van der Waals surface area contributed by atoms with E-state index >= 15 is 0 Å². The summed E-state index contributed by atoms with van der Waals surface area (Å²) in [7, 11) is 1.74. The first-order valence-electron chi connectivity index (χ1n) is 7.87. The van der Waals surface area contributed by atoms with Crippen LogP contribution in [0.1, 0.15) is 11.1 Å². The van der Waals surface area contributed by atoms with Crippen LogP contribution in [-0.2, 0) is 11.9 Å². The standard InChI is InChI=1S/C19H16F3N3S/c1-23-17-11-16(14-7-9-15(10-8-14)19(20,21)22)24-18(25-17)26-12-13-5-3-2-4-6-13/h2-11H,12H2,1H3,(H,23,24,25). The molecule has 0 unspecified atom stereocenters. The Balaban J connectivity index is 1.85. The van der Waals surface area contributed by atoms with Crippen LogP contribution in [0.15, 0.2) is 65.8 Å². The topological polar surface area (TPSA) is 37.8 Å². The molecule has 0 bridgehead atoms. The molecule has 3 aromatic rings. The Bertz CT molecular complexity index is 865. The number of anilines is 1. The number of hydrogen-bond donors (Lipinski definition) is 1. The molecule has 1 N–H and O–H groups in total. The van der Waals surface area contributed by atoms with Crippen molar-refractivity contribution >= 4 is 17.6 Å². The van der Waals surface area contributed by atoms with E-state index in [0.29, 0.717) is 28.0 Å². The van der Waals surface area contributed by atoms with Crippen molar-refractivity contribution in [1.29, 1.82) is 0 Å². The van der Waals surface area contributed by atoms with Gasteiger partial charge in [-0.2, -0.15) is 13.2 Å². The smallest absolute Gasteiger partial charge is 0.373 e. The normalized spacial score (nSPS) is 11.4. The molecule has 2 aromatic carbocycles. The minimum Gasteiger partial charge on any atom is -0.373 e. The quantitative estimate of drug-likeness (QED) is 0.472. The Morgan fingerprint density at radius 2 is 1.65 bits per heavy atom. The zero-order valence-electron chi connectivity index (χ0n) is 13.9. The van der Waals surface area contributed by atoms with Crippen LogP contribution in [0.2, 0.25) is 0 Å². The Labute approximate surface area is 153 Å². The van der Waals surface area contributed by atoms with Crippen molar-refractivity contribution in [2.75, 3.05) is 12.4 Å². The molecular weight excluding hydrogens is 359 g/mol. The first-order valence-corrected chi connectivity index (χ1v) is 8.85. The summed E-state index contributed by atoms with van der Waals surface area (Å²) in [6, 6.07) is 16.6. The van der Waals surface area contributed by atoms with E-state index in [1.165, 1.54) is 23.9 Å². The van der Waals surface area contributed by atoms with Crippen molar-refractivity contribution in [1.82, 2.24) is 9.97 Å². The number of aromatic nitrogens is 2. The van der Waals surface area contributed by atoms with Gasteiger partial charge in [-0.1, -0.05) is 54.2 Å². The van der Waals surface area contributed by atoms with Crippen LogP contribution in [0.3, 0.4) is 0 Å². The number of alkyl halides is 3. The van der Waals surface area contributed by atoms with Crippen LogP contribution in [-0.4, -0.2) is 17.0 Å². The molecule has 26 heavy (non-hydrogen) atoms. The number of benzene rings is 2. The minimum atomic E-state index is -4.35. The summed E-state index contributed by atoms with van der Waals surface area (Å²) in [4.78, 5) is 8.90. The van der Waals surface area contributed by atoms with Gasteiger partial charge >= 0.3 is 6.18 Å². The van der Waals surface area contributed by atoms with E-state index in [9.17, 15) is 13.2 Å². The highest BCUT2D eigenvalue weighted by atomic mass is 32.2. The van der Waals surface area contributed by atoms with E-state index in [1.54, 1.807) is 13.1 Å². The van der Waals surface area contributed by atoms with Gasteiger partial charge in [-0.25, -0.2) is 9.97 Å². The molecule has 0 spiro atoms. The van der Waals surface area contributed by atoms with Crippen molar-refractivity contribution in [2.45, 2.75) is 17.1 Å². The van der Waals surface area contributed by atoms with Gasteiger partial charge in [0.1, 0.15) is 5.82 Å². The lowest BCUT2D eigenvalue weighted by molar-refractivity contribution is -0.137. The van der Waals surface area contributed by atoms with Crippen LogP contribution >= 0.6 is 11.8 Å². The molecular formula is C19H16F3N3S. The first-order chi connectivity index (χ1) is 12.5. The SMILES string of the molecule is CNc1cc(-c2ccc(C(F)(F)F)cc2)nc(SCc2ccccc2)n1. The molecule has 0 amide bonds. The van der Waals surface area contributed by atoms with E-state index in [2.05, 4.69) is 15.3 Å². The van der Waals surface area contributed by atoms with Crippen molar-refractivity contribution in [3.8, 4) is 11.3 Å². The molecule has 134 valence electrons. The molecule has 1 aromatic heterocycles. The van der Waals surface area contributed by atoms with E-state index in [4.69, 9.17) is 0 Å². The van der Waals surface area contributed by atoms with Gasteiger partial charge in [0.25, 0.3) is 0 Å². The molecule has 7 heteroatoms. The highest BCUT2D eigenvalue weighted by molar-refractivity contribution is 7.98. The predicted molar refractivity (Wildman–Crippen MR) is 98.0 cm³/mol. The maximum Gasteiger partial charge on any atom is 0.416 e. The van der Waals surface area contributed by atoms with Gasteiger partial charge < -0.3 is 5.32 Å². The van der Waals surface area contributed by atoms with Gasteiger partial charge in [-0.15, -0.1) is 0 Å². The number of halogens is 3. The summed E-state index contributed by atoms with van der Waals surface area (Å²) >= 11 is 1.48. The van der Waals surface area contributed by atoms with Gasteiger partial charge in [0.2, 0.25) is 0 Å². The van der Waals surface area contributed by atoms with E-state index in [-0.39, 0.29) is 0 Å².